The predicted molar refractivity (Wildman–Crippen MR) is 77.9 cm³/mol. The lowest BCUT2D eigenvalue weighted by molar-refractivity contribution is 0.260. The van der Waals surface area contributed by atoms with Crippen LogP contribution in [0.3, 0.4) is 0 Å². The largest absolute Gasteiger partial charge is 0.493 e. The summed E-state index contributed by atoms with van der Waals surface area (Å²) in [6, 6.07) is 3.22. The molecule has 0 unspecified atom stereocenters. The lowest BCUT2D eigenvalue weighted by Gasteiger charge is -2.14. The minimum Gasteiger partial charge on any atom is -0.493 e. The average molecular weight is 395 g/mol. The molecule has 0 bridgehead atoms. The van der Waals surface area contributed by atoms with Crippen LogP contribution in [0.4, 0.5) is 17.6 Å². The Morgan fingerprint density at radius 3 is 2.04 bits per heavy atom. The molecule has 0 atom stereocenters. The molecule has 0 spiro atoms. The highest BCUT2D eigenvalue weighted by molar-refractivity contribution is 9.10. The lowest BCUT2D eigenvalue weighted by Crippen LogP contribution is -2.05. The van der Waals surface area contributed by atoms with E-state index in [2.05, 4.69) is 15.9 Å². The van der Waals surface area contributed by atoms with Gasteiger partial charge in [0.05, 0.1) is 18.7 Å². The Kier molecular flexibility index (Phi) is 5.35. The van der Waals surface area contributed by atoms with Gasteiger partial charge in [0.2, 0.25) is 11.6 Å². The van der Waals surface area contributed by atoms with Crippen molar-refractivity contribution < 1.29 is 31.8 Å². The third kappa shape index (κ3) is 3.36. The van der Waals surface area contributed by atoms with Crippen molar-refractivity contribution in [3.63, 3.8) is 0 Å². The summed E-state index contributed by atoms with van der Waals surface area (Å²) in [6.07, 6.45) is 0. The van der Waals surface area contributed by atoms with E-state index in [0.717, 1.165) is 0 Å². The van der Waals surface area contributed by atoms with Crippen molar-refractivity contribution in [3.05, 3.63) is 51.5 Å². The number of ether oxygens (including phenoxy) is 3. The Balaban J connectivity index is 2.32. The molecular formula is C15H11BrF4O3. The van der Waals surface area contributed by atoms with Crippen LogP contribution in [0.5, 0.6) is 17.2 Å². The highest BCUT2D eigenvalue weighted by Gasteiger charge is 2.21. The summed E-state index contributed by atoms with van der Waals surface area (Å²) in [4.78, 5) is 0. The number of hydrogen-bond acceptors (Lipinski definition) is 3. The molecule has 0 fully saturated rings. The molecule has 0 N–H and O–H groups in total. The molecule has 0 aliphatic heterocycles. The molecule has 0 aromatic heterocycles. The molecule has 2 aromatic carbocycles. The summed E-state index contributed by atoms with van der Waals surface area (Å²) in [6.45, 7) is -0.350. The van der Waals surface area contributed by atoms with Crippen LogP contribution in [0, 0.1) is 23.3 Å². The molecule has 124 valence electrons. The van der Waals surface area contributed by atoms with E-state index in [9.17, 15) is 17.6 Å². The Bertz CT molecular complexity index is 711. The normalized spacial score (nSPS) is 10.6. The van der Waals surface area contributed by atoms with Gasteiger partial charge in [-0.25, -0.2) is 8.78 Å². The van der Waals surface area contributed by atoms with Crippen LogP contribution in [0.25, 0.3) is 0 Å². The first kappa shape index (κ1) is 17.4. The minimum absolute atomic E-state index is 0.115. The maximum Gasteiger partial charge on any atom is 0.203 e. The van der Waals surface area contributed by atoms with Crippen LogP contribution >= 0.6 is 15.9 Å². The fourth-order valence-corrected chi connectivity index (χ4v) is 2.47. The summed E-state index contributed by atoms with van der Waals surface area (Å²) >= 11 is 3.25. The molecule has 0 saturated heterocycles. The van der Waals surface area contributed by atoms with E-state index in [1.807, 2.05) is 0 Å². The maximum absolute atomic E-state index is 13.5. The molecule has 0 heterocycles. The van der Waals surface area contributed by atoms with Gasteiger partial charge in [-0.2, -0.15) is 8.78 Å². The Hall–Kier alpha value is -1.96. The first-order chi connectivity index (χ1) is 10.9. The van der Waals surface area contributed by atoms with Gasteiger partial charge in [-0.15, -0.1) is 0 Å². The predicted octanol–water partition coefficient (Wildman–Crippen LogP) is 4.60. The van der Waals surface area contributed by atoms with Crippen molar-refractivity contribution >= 4 is 15.9 Å². The number of benzene rings is 2. The van der Waals surface area contributed by atoms with Crippen molar-refractivity contribution in [1.29, 1.82) is 0 Å². The van der Waals surface area contributed by atoms with Gasteiger partial charge in [0.25, 0.3) is 0 Å². The second-order valence-electron chi connectivity index (χ2n) is 4.36. The lowest BCUT2D eigenvalue weighted by atomic mass is 10.2. The van der Waals surface area contributed by atoms with Gasteiger partial charge in [0.1, 0.15) is 6.61 Å². The summed E-state index contributed by atoms with van der Waals surface area (Å²) in [7, 11) is 2.86. The molecule has 2 rings (SSSR count). The van der Waals surface area contributed by atoms with Gasteiger partial charge in [-0.05, 0) is 22.0 Å². The van der Waals surface area contributed by atoms with Crippen LogP contribution in [-0.4, -0.2) is 14.2 Å². The van der Waals surface area contributed by atoms with Crippen molar-refractivity contribution in [2.45, 2.75) is 6.61 Å². The Morgan fingerprint density at radius 2 is 1.52 bits per heavy atom. The van der Waals surface area contributed by atoms with Crippen molar-refractivity contribution in [3.8, 4) is 17.2 Å². The number of hydrogen-bond donors (Lipinski definition) is 0. The van der Waals surface area contributed by atoms with Gasteiger partial charge in [0.15, 0.2) is 28.9 Å². The highest BCUT2D eigenvalue weighted by Crippen LogP contribution is 2.38. The zero-order valence-corrected chi connectivity index (χ0v) is 13.6. The molecule has 3 nitrogen and oxygen atoms in total. The monoisotopic (exact) mass is 394 g/mol. The minimum atomic E-state index is -1.60. The van der Waals surface area contributed by atoms with E-state index in [-0.39, 0.29) is 12.7 Å². The van der Waals surface area contributed by atoms with Gasteiger partial charge in [0, 0.05) is 11.6 Å². The molecular weight excluding hydrogens is 384 g/mol. The van der Waals surface area contributed by atoms with Crippen LogP contribution in [0.1, 0.15) is 5.56 Å². The first-order valence-electron chi connectivity index (χ1n) is 6.25. The van der Waals surface area contributed by atoms with Crippen LogP contribution < -0.4 is 14.2 Å². The van der Waals surface area contributed by atoms with E-state index in [0.29, 0.717) is 21.5 Å². The van der Waals surface area contributed by atoms with Crippen molar-refractivity contribution in [1.82, 2.24) is 0 Å². The topological polar surface area (TPSA) is 27.7 Å². The zero-order valence-electron chi connectivity index (χ0n) is 12.1. The average Bonchev–Trinajstić information content (AvgIpc) is 2.53. The summed E-state index contributed by atoms with van der Waals surface area (Å²) in [5, 5.41) is 0. The summed E-state index contributed by atoms with van der Waals surface area (Å²) < 4.78 is 68.9. The molecule has 0 aliphatic rings. The molecule has 0 saturated carbocycles. The van der Waals surface area contributed by atoms with Gasteiger partial charge in [-0.1, -0.05) is 6.07 Å². The quantitative estimate of drug-likeness (QED) is 0.547. The van der Waals surface area contributed by atoms with Crippen LogP contribution in [-0.2, 0) is 6.61 Å². The van der Waals surface area contributed by atoms with E-state index in [1.54, 1.807) is 12.1 Å². The van der Waals surface area contributed by atoms with Crippen molar-refractivity contribution in [2.75, 3.05) is 14.2 Å². The Labute approximate surface area is 137 Å². The number of rotatable bonds is 5. The van der Waals surface area contributed by atoms with E-state index in [1.165, 1.54) is 14.2 Å². The van der Waals surface area contributed by atoms with E-state index < -0.39 is 29.0 Å². The van der Waals surface area contributed by atoms with Crippen molar-refractivity contribution in [2.24, 2.45) is 0 Å². The maximum atomic E-state index is 13.5. The highest BCUT2D eigenvalue weighted by atomic mass is 79.9. The third-order valence-electron chi connectivity index (χ3n) is 3.01. The molecule has 2 aromatic rings. The fraction of sp³-hybridized carbons (Fsp3) is 0.200. The zero-order chi connectivity index (χ0) is 17.1. The summed E-state index contributed by atoms with van der Waals surface area (Å²) in [5.41, 5.74) is 0.436. The fourth-order valence-electron chi connectivity index (χ4n) is 1.87. The molecule has 0 radical (unpaired) electrons. The van der Waals surface area contributed by atoms with Gasteiger partial charge < -0.3 is 14.2 Å². The van der Waals surface area contributed by atoms with E-state index >= 15 is 0 Å². The second-order valence-corrected chi connectivity index (χ2v) is 5.15. The molecule has 23 heavy (non-hydrogen) atoms. The standard InChI is InChI=1S/C15H11BrF4O3/c1-21-10-4-3-7(11(16)14(10)22-2)6-23-15-12(19)8(17)5-9(18)13(15)20/h3-5H,6H2,1-2H3. The third-order valence-corrected chi connectivity index (χ3v) is 3.88. The molecule has 8 heteroatoms. The number of halogens is 5. The molecule has 0 aliphatic carbocycles. The first-order valence-corrected chi connectivity index (χ1v) is 7.05. The van der Waals surface area contributed by atoms with Crippen LogP contribution in [0.15, 0.2) is 22.7 Å². The van der Waals surface area contributed by atoms with Crippen LogP contribution in [0.2, 0.25) is 0 Å². The Morgan fingerprint density at radius 1 is 0.913 bits per heavy atom. The second kappa shape index (κ2) is 7.08. The SMILES string of the molecule is COc1ccc(COc2c(F)c(F)cc(F)c2F)c(Br)c1OC. The number of methoxy groups -OCH3 is 2. The van der Waals surface area contributed by atoms with Gasteiger partial charge in [-0.3, -0.25) is 0 Å². The smallest absolute Gasteiger partial charge is 0.203 e. The van der Waals surface area contributed by atoms with Gasteiger partial charge >= 0.3 is 0 Å². The molecule has 0 amide bonds. The van der Waals surface area contributed by atoms with E-state index in [4.69, 9.17) is 14.2 Å². The summed E-state index contributed by atoms with van der Waals surface area (Å²) in [5.74, 6) is -6.61.